The highest BCUT2D eigenvalue weighted by molar-refractivity contribution is 7.99. The summed E-state index contributed by atoms with van der Waals surface area (Å²) in [5.74, 6) is 1.19. The van der Waals surface area contributed by atoms with E-state index in [1.807, 2.05) is 24.3 Å². The standard InChI is InChI=1S/C12H12N2S.HNO3/c1-2-4-12-10(3-1)11(5-8-15-12)14-7-6-13-9-14;2-1(3)4/h1-4,6-7,9,11H,5,8H2;(H,2,3,4). The molecular formula is C12H13N3O3S. The predicted octanol–water partition coefficient (Wildman–Crippen LogP) is 2.62. The summed E-state index contributed by atoms with van der Waals surface area (Å²) in [5, 5.41) is 13.6. The highest BCUT2D eigenvalue weighted by Crippen LogP contribution is 2.37. The van der Waals surface area contributed by atoms with Gasteiger partial charge in [0.15, 0.2) is 0 Å². The Kier molecular flexibility index (Phi) is 4.40. The van der Waals surface area contributed by atoms with Crippen molar-refractivity contribution in [3.05, 3.63) is 58.7 Å². The molecule has 0 saturated carbocycles. The highest BCUT2D eigenvalue weighted by Gasteiger charge is 2.20. The van der Waals surface area contributed by atoms with Crippen LogP contribution in [0.25, 0.3) is 0 Å². The normalized spacial score (nSPS) is 16.9. The Morgan fingerprint density at radius 3 is 2.89 bits per heavy atom. The van der Waals surface area contributed by atoms with Gasteiger partial charge in [-0.15, -0.1) is 21.9 Å². The van der Waals surface area contributed by atoms with Crippen molar-refractivity contribution in [1.82, 2.24) is 9.55 Å². The number of thioether (sulfide) groups is 1. The van der Waals surface area contributed by atoms with Crippen LogP contribution in [0.4, 0.5) is 0 Å². The molecule has 19 heavy (non-hydrogen) atoms. The van der Waals surface area contributed by atoms with E-state index in [0.29, 0.717) is 6.04 Å². The fourth-order valence-corrected chi connectivity index (χ4v) is 3.19. The van der Waals surface area contributed by atoms with E-state index in [2.05, 4.69) is 40.0 Å². The molecule has 0 fully saturated rings. The molecule has 7 heteroatoms. The Morgan fingerprint density at radius 1 is 1.47 bits per heavy atom. The zero-order valence-electron chi connectivity index (χ0n) is 10.0. The highest BCUT2D eigenvalue weighted by atomic mass is 32.2. The lowest BCUT2D eigenvalue weighted by molar-refractivity contribution is -0.742. The van der Waals surface area contributed by atoms with Gasteiger partial charge in [-0.05, 0) is 18.1 Å². The van der Waals surface area contributed by atoms with E-state index in [-0.39, 0.29) is 0 Å². The lowest BCUT2D eigenvalue weighted by Gasteiger charge is -2.25. The van der Waals surface area contributed by atoms with Crippen LogP contribution in [0, 0.1) is 10.1 Å². The van der Waals surface area contributed by atoms with Gasteiger partial charge in [-0.1, -0.05) is 18.2 Å². The topological polar surface area (TPSA) is 81.2 Å². The van der Waals surface area contributed by atoms with Crippen molar-refractivity contribution in [2.24, 2.45) is 0 Å². The van der Waals surface area contributed by atoms with E-state index >= 15 is 0 Å². The van der Waals surface area contributed by atoms with Crippen molar-refractivity contribution in [3.8, 4) is 0 Å². The summed E-state index contributed by atoms with van der Waals surface area (Å²) in [6.07, 6.45) is 7.01. The van der Waals surface area contributed by atoms with E-state index in [1.54, 1.807) is 0 Å². The molecule has 6 nitrogen and oxygen atoms in total. The van der Waals surface area contributed by atoms with Crippen LogP contribution in [-0.2, 0) is 0 Å². The van der Waals surface area contributed by atoms with E-state index in [1.165, 1.54) is 22.6 Å². The first-order chi connectivity index (χ1) is 9.18. The van der Waals surface area contributed by atoms with Crippen molar-refractivity contribution in [3.63, 3.8) is 0 Å². The Bertz CT molecular complexity index is 541. The maximum atomic E-state index is 8.36. The van der Waals surface area contributed by atoms with Gasteiger partial charge in [0.25, 0.3) is 5.09 Å². The van der Waals surface area contributed by atoms with Gasteiger partial charge in [-0.25, -0.2) is 4.98 Å². The minimum Gasteiger partial charge on any atom is -0.330 e. The molecule has 2 aromatic rings. The van der Waals surface area contributed by atoms with Gasteiger partial charge in [0.1, 0.15) is 0 Å². The average molecular weight is 279 g/mol. The molecule has 1 aromatic carbocycles. The van der Waals surface area contributed by atoms with Gasteiger partial charge in [0.2, 0.25) is 0 Å². The quantitative estimate of drug-likeness (QED) is 0.641. The van der Waals surface area contributed by atoms with Gasteiger partial charge < -0.3 is 9.77 Å². The summed E-state index contributed by atoms with van der Waals surface area (Å²) in [5.41, 5.74) is 1.44. The smallest absolute Gasteiger partial charge is 0.291 e. The number of fused-ring (bicyclic) bond motifs is 1. The van der Waals surface area contributed by atoms with Gasteiger partial charge >= 0.3 is 0 Å². The molecule has 3 rings (SSSR count). The third kappa shape index (κ3) is 3.47. The van der Waals surface area contributed by atoms with E-state index in [4.69, 9.17) is 15.3 Å². The van der Waals surface area contributed by atoms with Crippen LogP contribution in [0.2, 0.25) is 0 Å². The molecule has 1 unspecified atom stereocenters. The van der Waals surface area contributed by atoms with Gasteiger partial charge in [-0.2, -0.15) is 0 Å². The second-order valence-corrected chi connectivity index (χ2v) is 5.08. The SMILES string of the molecule is O=[N+]([O-])O.c1ccc2c(c1)SCCC2n1ccnc1. The van der Waals surface area contributed by atoms with E-state index in [9.17, 15) is 0 Å². The zero-order valence-corrected chi connectivity index (χ0v) is 10.9. The Labute approximate surface area is 114 Å². The molecule has 2 heterocycles. The van der Waals surface area contributed by atoms with Gasteiger partial charge in [0.05, 0.1) is 12.4 Å². The molecule has 1 atom stereocenters. The zero-order chi connectivity index (χ0) is 13.7. The number of imidazole rings is 1. The van der Waals surface area contributed by atoms with Crippen LogP contribution in [-0.4, -0.2) is 25.6 Å². The van der Waals surface area contributed by atoms with Crippen LogP contribution in [0.5, 0.6) is 0 Å². The molecule has 1 aliphatic rings. The van der Waals surface area contributed by atoms with Crippen LogP contribution < -0.4 is 0 Å². The number of hydrogen-bond donors (Lipinski definition) is 1. The van der Waals surface area contributed by atoms with Crippen LogP contribution in [0.15, 0.2) is 47.9 Å². The summed E-state index contributed by atoms with van der Waals surface area (Å²) in [4.78, 5) is 13.9. The molecule has 1 aromatic heterocycles. The van der Waals surface area contributed by atoms with E-state index < -0.39 is 5.09 Å². The summed E-state index contributed by atoms with van der Waals surface area (Å²) >= 11 is 1.96. The number of benzene rings is 1. The van der Waals surface area contributed by atoms with E-state index in [0.717, 1.165) is 0 Å². The number of rotatable bonds is 1. The molecular weight excluding hydrogens is 266 g/mol. The Morgan fingerprint density at radius 2 is 2.21 bits per heavy atom. The lowest BCUT2D eigenvalue weighted by atomic mass is 10.0. The predicted molar refractivity (Wildman–Crippen MR) is 70.9 cm³/mol. The summed E-state index contributed by atoms with van der Waals surface area (Å²) < 4.78 is 2.21. The third-order valence-corrected chi connectivity index (χ3v) is 3.93. The first-order valence-electron chi connectivity index (χ1n) is 5.71. The molecule has 100 valence electrons. The van der Waals surface area contributed by atoms with Crippen molar-refractivity contribution < 1.29 is 10.3 Å². The molecule has 0 saturated heterocycles. The molecule has 1 N–H and O–H groups in total. The van der Waals surface area contributed by atoms with Crippen molar-refractivity contribution in [2.45, 2.75) is 17.4 Å². The summed E-state index contributed by atoms with van der Waals surface area (Å²) in [6, 6.07) is 9.15. The number of aromatic nitrogens is 2. The molecule has 0 spiro atoms. The van der Waals surface area contributed by atoms with Crippen LogP contribution in [0.1, 0.15) is 18.0 Å². The van der Waals surface area contributed by atoms with Crippen LogP contribution in [0.3, 0.4) is 0 Å². The maximum absolute atomic E-state index is 8.36. The second kappa shape index (κ2) is 6.24. The average Bonchev–Trinajstić information content (AvgIpc) is 2.91. The Balaban J connectivity index is 0.000000297. The fourth-order valence-electron chi connectivity index (χ4n) is 2.09. The fraction of sp³-hybridized carbons (Fsp3) is 0.250. The first-order valence-corrected chi connectivity index (χ1v) is 6.69. The maximum Gasteiger partial charge on any atom is 0.291 e. The van der Waals surface area contributed by atoms with Crippen molar-refractivity contribution in [2.75, 3.05) is 5.75 Å². The summed E-state index contributed by atoms with van der Waals surface area (Å²) in [7, 11) is 0. The van der Waals surface area contributed by atoms with Gasteiger partial charge in [0, 0.05) is 23.0 Å². The van der Waals surface area contributed by atoms with Crippen molar-refractivity contribution >= 4 is 11.8 Å². The third-order valence-electron chi connectivity index (χ3n) is 2.81. The second-order valence-electron chi connectivity index (χ2n) is 3.94. The van der Waals surface area contributed by atoms with Gasteiger partial charge in [-0.3, -0.25) is 0 Å². The molecule has 1 aliphatic heterocycles. The minimum absolute atomic E-state index is 0.477. The van der Waals surface area contributed by atoms with Crippen molar-refractivity contribution in [1.29, 1.82) is 0 Å². The minimum atomic E-state index is -1.50. The monoisotopic (exact) mass is 279 g/mol. The molecule has 0 radical (unpaired) electrons. The first kappa shape index (κ1) is 13.4. The lowest BCUT2D eigenvalue weighted by Crippen LogP contribution is -2.14. The number of hydrogen-bond acceptors (Lipinski definition) is 4. The molecule has 0 bridgehead atoms. The largest absolute Gasteiger partial charge is 0.330 e. The molecule has 0 aliphatic carbocycles. The Hall–Kier alpha value is -2.02. The van der Waals surface area contributed by atoms with Crippen LogP contribution >= 0.6 is 11.8 Å². The summed E-state index contributed by atoms with van der Waals surface area (Å²) in [6.45, 7) is 0. The number of nitrogens with zero attached hydrogens (tertiary/aromatic N) is 3. The molecule has 0 amide bonds.